The number of hydrogen-bond donors (Lipinski definition) is 1. The Morgan fingerprint density at radius 2 is 2.23 bits per heavy atom. The molecule has 0 bridgehead atoms. The minimum Gasteiger partial charge on any atom is -0.371 e. The van der Waals surface area contributed by atoms with Crippen molar-refractivity contribution in [1.29, 1.82) is 0 Å². The van der Waals surface area contributed by atoms with Crippen LogP contribution in [0.25, 0.3) is 0 Å². The van der Waals surface area contributed by atoms with Crippen LogP contribution in [0.5, 0.6) is 0 Å². The summed E-state index contributed by atoms with van der Waals surface area (Å²) in [6.07, 6.45) is 2.43. The van der Waals surface area contributed by atoms with Crippen molar-refractivity contribution < 1.29 is 18.1 Å². The predicted molar refractivity (Wildman–Crippen MR) is 80.8 cm³/mol. The molecule has 0 aromatic carbocycles. The number of ether oxygens (including phenoxy) is 1. The number of hydrogen-bond acceptors (Lipinski definition) is 4. The van der Waals surface area contributed by atoms with Crippen LogP contribution >= 0.6 is 0 Å². The molecule has 3 rings (SSSR count). The topological polar surface area (TPSA) is 74.8 Å². The number of morpholine rings is 1. The summed E-state index contributed by atoms with van der Waals surface area (Å²) in [6.45, 7) is 1.37. The highest BCUT2D eigenvalue weighted by Gasteiger charge is 2.42. The van der Waals surface area contributed by atoms with Gasteiger partial charge in [-0.3, -0.25) is 4.79 Å². The zero-order valence-electron chi connectivity index (χ0n) is 12.5. The van der Waals surface area contributed by atoms with E-state index >= 15 is 0 Å². The smallest absolute Gasteiger partial charge is 0.270 e. The van der Waals surface area contributed by atoms with Gasteiger partial charge in [0, 0.05) is 47.1 Å². The monoisotopic (exact) mass is 329 g/mol. The zero-order valence-corrected chi connectivity index (χ0v) is 13.3. The maximum absolute atomic E-state index is 13.1. The average Bonchev–Trinajstić information content (AvgIpc) is 2.97. The van der Waals surface area contributed by atoms with Crippen molar-refractivity contribution in [1.82, 2.24) is 9.88 Å². The van der Waals surface area contributed by atoms with Crippen LogP contribution in [0.15, 0.2) is 16.6 Å². The number of carbonyl (C=O) groups excluding carboxylic acids is 1. The van der Waals surface area contributed by atoms with Crippen LogP contribution in [0.2, 0.25) is 0 Å². The highest BCUT2D eigenvalue weighted by Crippen LogP contribution is 2.32. The molecule has 8 heteroatoms. The molecular formula is C14H20FN3O3S. The van der Waals surface area contributed by atoms with Gasteiger partial charge in [0.05, 0.1) is 18.8 Å². The third-order valence-corrected chi connectivity index (χ3v) is 6.85. The first-order valence-electron chi connectivity index (χ1n) is 7.33. The van der Waals surface area contributed by atoms with Crippen LogP contribution < -0.4 is 0 Å². The molecule has 6 nitrogen and oxygen atoms in total. The number of halogens is 1. The Hall–Kier alpha value is -1.41. The highest BCUT2D eigenvalue weighted by atomic mass is 32.2. The lowest BCUT2D eigenvalue weighted by Crippen LogP contribution is -2.56. The van der Waals surface area contributed by atoms with Crippen LogP contribution in [0.1, 0.15) is 23.3 Å². The minimum absolute atomic E-state index is 0.224. The zero-order chi connectivity index (χ0) is 15.8. The van der Waals surface area contributed by atoms with E-state index in [-0.39, 0.29) is 11.6 Å². The molecule has 2 aliphatic heterocycles. The number of aromatic amines is 1. The maximum atomic E-state index is 13.1. The summed E-state index contributed by atoms with van der Waals surface area (Å²) in [7, 11) is -0.509. The molecule has 0 unspecified atom stereocenters. The molecule has 1 aromatic heterocycles. The second-order valence-electron chi connectivity index (χ2n) is 5.85. The summed E-state index contributed by atoms with van der Waals surface area (Å²) in [5.41, 5.74) is -0.192. The van der Waals surface area contributed by atoms with Crippen LogP contribution in [0, 0.1) is 5.82 Å². The van der Waals surface area contributed by atoms with Gasteiger partial charge in [0.2, 0.25) is 0 Å². The van der Waals surface area contributed by atoms with E-state index in [1.54, 1.807) is 11.9 Å². The lowest BCUT2D eigenvalue weighted by molar-refractivity contribution is -0.104. The quantitative estimate of drug-likeness (QED) is 0.843. The second kappa shape index (κ2) is 5.66. The Labute approximate surface area is 129 Å². The van der Waals surface area contributed by atoms with Crippen LogP contribution in [0.4, 0.5) is 4.39 Å². The fourth-order valence-corrected chi connectivity index (χ4v) is 5.03. The highest BCUT2D eigenvalue weighted by molar-refractivity contribution is 7.93. The minimum atomic E-state index is -2.10. The third kappa shape index (κ3) is 2.89. The van der Waals surface area contributed by atoms with Gasteiger partial charge < -0.3 is 14.6 Å². The Morgan fingerprint density at radius 3 is 2.82 bits per heavy atom. The Morgan fingerprint density at radius 1 is 1.50 bits per heavy atom. The van der Waals surface area contributed by atoms with Gasteiger partial charge in [-0.15, -0.1) is 0 Å². The largest absolute Gasteiger partial charge is 0.371 e. The first-order chi connectivity index (χ1) is 10.5. The number of aromatic nitrogens is 1. The van der Waals surface area contributed by atoms with E-state index in [0.29, 0.717) is 44.0 Å². The molecule has 0 saturated carbocycles. The molecule has 0 aliphatic carbocycles. The van der Waals surface area contributed by atoms with E-state index in [1.165, 1.54) is 12.3 Å². The first kappa shape index (κ1) is 15.5. The molecule has 3 heterocycles. The van der Waals surface area contributed by atoms with Gasteiger partial charge >= 0.3 is 0 Å². The number of nitrogens with one attached hydrogen (secondary N) is 1. The number of carbonyl (C=O) groups is 1. The second-order valence-corrected chi connectivity index (χ2v) is 8.58. The number of rotatable bonds is 1. The van der Waals surface area contributed by atoms with Crippen molar-refractivity contribution in [2.45, 2.75) is 18.4 Å². The molecule has 0 atom stereocenters. The van der Waals surface area contributed by atoms with Crippen molar-refractivity contribution in [3.05, 3.63) is 23.8 Å². The SMILES string of the molecule is CN=S1(=O)CCC2(CC1)CN(C(=O)c1cc(F)c[nH]1)CCO2. The van der Waals surface area contributed by atoms with Crippen molar-refractivity contribution >= 4 is 15.6 Å². The Bertz CT molecular complexity index is 679. The molecule has 1 N–H and O–H groups in total. The number of nitrogens with zero attached hydrogens (tertiary/aromatic N) is 2. The predicted octanol–water partition coefficient (Wildman–Crippen LogP) is 1.26. The Balaban J connectivity index is 1.72. The van der Waals surface area contributed by atoms with Gasteiger partial charge in [0.15, 0.2) is 0 Å². The lowest BCUT2D eigenvalue weighted by Gasteiger charge is -2.45. The van der Waals surface area contributed by atoms with Gasteiger partial charge in [-0.2, -0.15) is 0 Å². The van der Waals surface area contributed by atoms with Crippen LogP contribution in [-0.4, -0.2) is 63.9 Å². The summed E-state index contributed by atoms with van der Waals surface area (Å²) >= 11 is 0. The lowest BCUT2D eigenvalue weighted by atomic mass is 9.94. The van der Waals surface area contributed by atoms with E-state index in [1.807, 2.05) is 0 Å². The molecule has 1 aromatic rings. The van der Waals surface area contributed by atoms with Crippen LogP contribution in [0.3, 0.4) is 0 Å². The van der Waals surface area contributed by atoms with E-state index in [4.69, 9.17) is 4.74 Å². The average molecular weight is 329 g/mol. The molecule has 122 valence electrons. The molecular weight excluding hydrogens is 309 g/mol. The van der Waals surface area contributed by atoms with Crippen molar-refractivity contribution in [3.8, 4) is 0 Å². The fraction of sp³-hybridized carbons (Fsp3) is 0.643. The first-order valence-corrected chi connectivity index (χ1v) is 9.18. The van der Waals surface area contributed by atoms with E-state index in [9.17, 15) is 13.4 Å². The van der Waals surface area contributed by atoms with Crippen molar-refractivity contribution in [2.24, 2.45) is 4.36 Å². The summed E-state index contributed by atoms with van der Waals surface area (Å²) in [5, 5.41) is 0. The van der Waals surface area contributed by atoms with Gasteiger partial charge in [-0.1, -0.05) is 0 Å². The standard InChI is InChI=1S/C14H20FN3O3S/c1-16-22(20)6-2-14(3-7-22)10-18(4-5-21-14)13(19)12-8-11(15)9-17-12/h8-9,17H,2-7,10H2,1H3. The molecule has 2 aliphatic rings. The van der Waals surface area contributed by atoms with Gasteiger partial charge in [0.1, 0.15) is 11.5 Å². The van der Waals surface area contributed by atoms with Gasteiger partial charge in [-0.25, -0.2) is 13.0 Å². The molecule has 22 heavy (non-hydrogen) atoms. The normalized spacial score (nSPS) is 32.2. The molecule has 2 fully saturated rings. The molecule has 2 saturated heterocycles. The number of amides is 1. The summed E-state index contributed by atoms with van der Waals surface area (Å²) in [6, 6.07) is 1.20. The van der Waals surface area contributed by atoms with Gasteiger partial charge in [-0.05, 0) is 12.8 Å². The van der Waals surface area contributed by atoms with Crippen molar-refractivity contribution in [3.63, 3.8) is 0 Å². The van der Waals surface area contributed by atoms with E-state index < -0.39 is 21.1 Å². The van der Waals surface area contributed by atoms with Crippen LogP contribution in [-0.2, 0) is 14.5 Å². The van der Waals surface area contributed by atoms with E-state index in [0.717, 1.165) is 0 Å². The van der Waals surface area contributed by atoms with Crippen molar-refractivity contribution in [2.75, 3.05) is 38.2 Å². The van der Waals surface area contributed by atoms with E-state index in [2.05, 4.69) is 9.35 Å². The summed E-state index contributed by atoms with van der Waals surface area (Å²) in [4.78, 5) is 16.8. The summed E-state index contributed by atoms with van der Waals surface area (Å²) < 4.78 is 35.3. The van der Waals surface area contributed by atoms with Gasteiger partial charge in [0.25, 0.3) is 5.91 Å². The molecule has 0 radical (unpaired) electrons. The summed E-state index contributed by atoms with van der Waals surface area (Å²) in [5.74, 6) is 0.331. The molecule has 1 spiro atoms. The molecule has 1 amide bonds. The third-order valence-electron chi connectivity index (χ3n) is 4.50. The Kier molecular flexibility index (Phi) is 3.98. The fourth-order valence-electron chi connectivity index (χ4n) is 3.08. The number of H-pyrrole nitrogens is 1. The maximum Gasteiger partial charge on any atom is 0.270 e.